The molecule has 0 saturated carbocycles. The first kappa shape index (κ1) is 20.8. The third kappa shape index (κ3) is 5.18. The minimum Gasteiger partial charge on any atom is -0.352 e. The van der Waals surface area contributed by atoms with E-state index in [1.165, 1.54) is 0 Å². The fourth-order valence-electron chi connectivity index (χ4n) is 3.47. The first-order chi connectivity index (χ1) is 14.9. The normalized spacial score (nSPS) is 14.4. The average Bonchev–Trinajstić information content (AvgIpc) is 2.79. The standard InChI is InChI=1S/C22H23N5O3S/c1-31(29,30)25-19-9-7-18(8-10-19)22(28)27-15-13-26(14-16-27)21-12-11-20(23-24-21)17-5-3-2-4-6-17/h2-12,25H,13-16H2,1H3. The van der Waals surface area contributed by atoms with Crippen LogP contribution in [0, 0.1) is 0 Å². The largest absolute Gasteiger partial charge is 0.352 e. The van der Waals surface area contributed by atoms with E-state index in [1.54, 1.807) is 29.2 Å². The van der Waals surface area contributed by atoms with Gasteiger partial charge in [0.05, 0.1) is 11.9 Å². The molecule has 0 bridgehead atoms. The van der Waals surface area contributed by atoms with E-state index in [9.17, 15) is 13.2 Å². The topological polar surface area (TPSA) is 95.5 Å². The molecule has 1 aliphatic rings. The Balaban J connectivity index is 1.35. The molecule has 2 aromatic carbocycles. The van der Waals surface area contributed by atoms with Crippen LogP contribution in [0.25, 0.3) is 11.3 Å². The number of benzene rings is 2. The van der Waals surface area contributed by atoms with Gasteiger partial charge in [-0.15, -0.1) is 10.2 Å². The van der Waals surface area contributed by atoms with Gasteiger partial charge < -0.3 is 9.80 Å². The van der Waals surface area contributed by atoms with E-state index in [2.05, 4.69) is 19.8 Å². The zero-order chi connectivity index (χ0) is 21.8. The van der Waals surface area contributed by atoms with E-state index in [0.29, 0.717) is 37.4 Å². The van der Waals surface area contributed by atoms with Crippen LogP contribution in [-0.4, -0.2) is 61.9 Å². The molecule has 3 aromatic rings. The van der Waals surface area contributed by atoms with Gasteiger partial charge in [-0.05, 0) is 36.4 Å². The van der Waals surface area contributed by atoms with Gasteiger partial charge in [-0.1, -0.05) is 30.3 Å². The second-order valence-corrected chi connectivity index (χ2v) is 9.12. The van der Waals surface area contributed by atoms with Gasteiger partial charge in [-0.3, -0.25) is 9.52 Å². The van der Waals surface area contributed by atoms with Crippen LogP contribution in [0.3, 0.4) is 0 Å². The molecule has 31 heavy (non-hydrogen) atoms. The van der Waals surface area contributed by atoms with Crippen molar-refractivity contribution in [2.24, 2.45) is 0 Å². The molecular weight excluding hydrogens is 414 g/mol. The van der Waals surface area contributed by atoms with Crippen molar-refractivity contribution >= 4 is 27.4 Å². The summed E-state index contributed by atoms with van der Waals surface area (Å²) in [6, 6.07) is 20.3. The van der Waals surface area contributed by atoms with E-state index in [-0.39, 0.29) is 5.91 Å². The molecule has 2 heterocycles. The summed E-state index contributed by atoms with van der Waals surface area (Å²) in [6.07, 6.45) is 1.09. The highest BCUT2D eigenvalue weighted by Gasteiger charge is 2.23. The van der Waals surface area contributed by atoms with Crippen molar-refractivity contribution in [1.29, 1.82) is 0 Å². The summed E-state index contributed by atoms with van der Waals surface area (Å²) in [4.78, 5) is 16.7. The molecule has 4 rings (SSSR count). The van der Waals surface area contributed by atoms with Gasteiger partial charge in [0, 0.05) is 43.0 Å². The number of rotatable bonds is 5. The molecule has 8 nitrogen and oxygen atoms in total. The zero-order valence-electron chi connectivity index (χ0n) is 17.1. The quantitative estimate of drug-likeness (QED) is 0.659. The molecule has 1 N–H and O–H groups in total. The van der Waals surface area contributed by atoms with Gasteiger partial charge in [0.1, 0.15) is 0 Å². The molecule has 1 amide bonds. The number of aromatic nitrogens is 2. The molecule has 1 aliphatic heterocycles. The van der Waals surface area contributed by atoms with E-state index < -0.39 is 10.0 Å². The van der Waals surface area contributed by atoms with Gasteiger partial charge >= 0.3 is 0 Å². The summed E-state index contributed by atoms with van der Waals surface area (Å²) in [5, 5.41) is 8.70. The van der Waals surface area contributed by atoms with Crippen molar-refractivity contribution in [2.45, 2.75) is 0 Å². The third-order valence-corrected chi connectivity index (χ3v) is 5.65. The van der Waals surface area contributed by atoms with Crippen LogP contribution in [0.1, 0.15) is 10.4 Å². The van der Waals surface area contributed by atoms with Crippen LogP contribution in [0.5, 0.6) is 0 Å². The van der Waals surface area contributed by atoms with E-state index >= 15 is 0 Å². The molecule has 9 heteroatoms. The lowest BCUT2D eigenvalue weighted by molar-refractivity contribution is 0.0746. The first-order valence-electron chi connectivity index (χ1n) is 9.90. The zero-order valence-corrected chi connectivity index (χ0v) is 17.9. The summed E-state index contributed by atoms with van der Waals surface area (Å²) in [7, 11) is -3.34. The number of nitrogens with zero attached hydrogens (tertiary/aromatic N) is 4. The molecule has 0 unspecified atom stereocenters. The van der Waals surface area contributed by atoms with Crippen molar-refractivity contribution in [2.75, 3.05) is 42.1 Å². The highest BCUT2D eigenvalue weighted by atomic mass is 32.2. The van der Waals surface area contributed by atoms with Crippen molar-refractivity contribution < 1.29 is 13.2 Å². The maximum atomic E-state index is 12.8. The Kier molecular flexibility index (Phi) is 5.85. The second kappa shape index (κ2) is 8.73. The van der Waals surface area contributed by atoms with Gasteiger partial charge in [0.25, 0.3) is 5.91 Å². The smallest absolute Gasteiger partial charge is 0.253 e. The van der Waals surface area contributed by atoms with E-state index in [1.807, 2.05) is 42.5 Å². The predicted octanol–water partition coefficient (Wildman–Crippen LogP) is 2.48. The van der Waals surface area contributed by atoms with E-state index in [0.717, 1.165) is 23.3 Å². The summed E-state index contributed by atoms with van der Waals surface area (Å²) < 4.78 is 25.0. The Morgan fingerprint density at radius 2 is 1.55 bits per heavy atom. The monoisotopic (exact) mass is 437 g/mol. The Bertz CT molecular complexity index is 1140. The van der Waals surface area contributed by atoms with Gasteiger partial charge in [-0.2, -0.15) is 0 Å². The summed E-state index contributed by atoms with van der Waals surface area (Å²) in [5.74, 6) is 0.721. The van der Waals surface area contributed by atoms with Gasteiger partial charge in [0.2, 0.25) is 10.0 Å². The van der Waals surface area contributed by atoms with Gasteiger partial charge in [-0.25, -0.2) is 8.42 Å². The lowest BCUT2D eigenvalue weighted by Gasteiger charge is -2.35. The molecule has 0 radical (unpaired) electrons. The lowest BCUT2D eigenvalue weighted by atomic mass is 10.1. The number of piperazine rings is 1. The molecule has 0 atom stereocenters. The number of amides is 1. The molecule has 0 spiro atoms. The highest BCUT2D eigenvalue weighted by molar-refractivity contribution is 7.92. The predicted molar refractivity (Wildman–Crippen MR) is 120 cm³/mol. The van der Waals surface area contributed by atoms with E-state index in [4.69, 9.17) is 0 Å². The fourth-order valence-corrected chi connectivity index (χ4v) is 4.04. The molecule has 160 valence electrons. The minimum atomic E-state index is -3.34. The fraction of sp³-hybridized carbons (Fsp3) is 0.227. The summed E-state index contributed by atoms with van der Waals surface area (Å²) >= 11 is 0. The van der Waals surface area contributed by atoms with Crippen LogP contribution in [0.15, 0.2) is 66.7 Å². The van der Waals surface area contributed by atoms with Crippen molar-refractivity contribution in [3.63, 3.8) is 0 Å². The second-order valence-electron chi connectivity index (χ2n) is 7.37. The lowest BCUT2D eigenvalue weighted by Crippen LogP contribution is -2.49. The summed E-state index contributed by atoms with van der Waals surface area (Å²) in [6.45, 7) is 2.48. The maximum absolute atomic E-state index is 12.8. The van der Waals surface area contributed by atoms with Crippen LogP contribution in [0.4, 0.5) is 11.5 Å². The first-order valence-corrected chi connectivity index (χ1v) is 11.8. The highest BCUT2D eigenvalue weighted by Crippen LogP contribution is 2.20. The number of hydrogen-bond donors (Lipinski definition) is 1. The Labute approximate surface area is 181 Å². The van der Waals surface area contributed by atoms with Crippen molar-refractivity contribution in [1.82, 2.24) is 15.1 Å². The molecule has 1 aromatic heterocycles. The SMILES string of the molecule is CS(=O)(=O)Nc1ccc(C(=O)N2CCN(c3ccc(-c4ccccc4)nn3)CC2)cc1. The average molecular weight is 438 g/mol. The minimum absolute atomic E-state index is 0.0731. The number of nitrogens with one attached hydrogen (secondary N) is 1. The van der Waals surface area contributed by atoms with Crippen LogP contribution >= 0.6 is 0 Å². The Morgan fingerprint density at radius 1 is 0.871 bits per heavy atom. The number of carbonyl (C=O) groups excluding carboxylic acids is 1. The van der Waals surface area contributed by atoms with Crippen LogP contribution in [0.2, 0.25) is 0 Å². The maximum Gasteiger partial charge on any atom is 0.253 e. The molecular formula is C22H23N5O3S. The molecule has 1 fully saturated rings. The van der Waals surface area contributed by atoms with Crippen molar-refractivity contribution in [3.8, 4) is 11.3 Å². The Morgan fingerprint density at radius 3 is 2.13 bits per heavy atom. The molecule has 1 saturated heterocycles. The number of hydrogen-bond acceptors (Lipinski definition) is 6. The number of sulfonamides is 1. The van der Waals surface area contributed by atoms with Crippen LogP contribution < -0.4 is 9.62 Å². The Hall–Kier alpha value is -3.46. The van der Waals surface area contributed by atoms with Crippen molar-refractivity contribution in [3.05, 3.63) is 72.3 Å². The number of carbonyl (C=O) groups is 1. The summed E-state index contributed by atoms with van der Waals surface area (Å²) in [5.41, 5.74) is 2.81. The third-order valence-electron chi connectivity index (χ3n) is 5.05. The van der Waals surface area contributed by atoms with Gasteiger partial charge in [0.15, 0.2) is 5.82 Å². The molecule has 0 aliphatic carbocycles. The van der Waals surface area contributed by atoms with Crippen LogP contribution in [-0.2, 0) is 10.0 Å². The number of anilines is 2.